The number of amides is 1. The van der Waals surface area contributed by atoms with Gasteiger partial charge in [-0.1, -0.05) is 30.3 Å². The molecule has 1 amide bonds. The molecule has 0 spiro atoms. The van der Waals surface area contributed by atoms with Crippen molar-refractivity contribution >= 4 is 6.09 Å². The highest BCUT2D eigenvalue weighted by Gasteiger charge is 2.16. The molecule has 0 aromatic heterocycles. The molecular formula is C17H25NO5. The minimum atomic E-state index is -0.540. The summed E-state index contributed by atoms with van der Waals surface area (Å²) in [5, 5.41) is 12.0. The molecule has 2 N–H and O–H groups in total. The second-order valence-electron chi connectivity index (χ2n) is 5.54. The van der Waals surface area contributed by atoms with Crippen LogP contribution in [0.15, 0.2) is 30.3 Å². The third-order valence-corrected chi connectivity index (χ3v) is 3.66. The number of carbonyl (C=O) groups is 1. The molecular weight excluding hydrogens is 298 g/mol. The Morgan fingerprint density at radius 2 is 2.17 bits per heavy atom. The molecule has 0 saturated carbocycles. The highest BCUT2D eigenvalue weighted by atomic mass is 16.7. The number of rotatable bonds is 8. The average Bonchev–Trinajstić information content (AvgIpc) is 2.61. The number of nitrogens with one attached hydrogen (secondary N) is 1. The third-order valence-electron chi connectivity index (χ3n) is 3.66. The molecule has 1 saturated heterocycles. The van der Waals surface area contributed by atoms with E-state index in [2.05, 4.69) is 5.32 Å². The molecule has 2 unspecified atom stereocenters. The number of hydrogen-bond donors (Lipinski definition) is 2. The van der Waals surface area contributed by atoms with Gasteiger partial charge in [0.05, 0.1) is 19.3 Å². The molecule has 1 aliphatic heterocycles. The topological polar surface area (TPSA) is 77.0 Å². The average molecular weight is 323 g/mol. The molecule has 2 rings (SSSR count). The first-order valence-electron chi connectivity index (χ1n) is 8.09. The van der Waals surface area contributed by atoms with Gasteiger partial charge in [0.1, 0.15) is 6.61 Å². The van der Waals surface area contributed by atoms with Crippen LogP contribution in [0.5, 0.6) is 0 Å². The van der Waals surface area contributed by atoms with Crippen LogP contribution in [0.25, 0.3) is 0 Å². The Morgan fingerprint density at radius 3 is 2.87 bits per heavy atom. The van der Waals surface area contributed by atoms with Gasteiger partial charge in [-0.2, -0.15) is 0 Å². The number of aliphatic hydroxyl groups is 1. The van der Waals surface area contributed by atoms with Gasteiger partial charge in [-0.25, -0.2) is 4.79 Å². The Morgan fingerprint density at radius 1 is 1.35 bits per heavy atom. The van der Waals surface area contributed by atoms with Gasteiger partial charge in [0.2, 0.25) is 0 Å². The Balaban J connectivity index is 1.61. The Kier molecular flexibility index (Phi) is 7.86. The molecule has 23 heavy (non-hydrogen) atoms. The second-order valence-corrected chi connectivity index (χ2v) is 5.54. The molecule has 6 heteroatoms. The van der Waals surface area contributed by atoms with Crippen molar-refractivity contribution in [2.75, 3.05) is 19.8 Å². The molecule has 0 bridgehead atoms. The lowest BCUT2D eigenvalue weighted by atomic mass is 10.2. The maximum atomic E-state index is 11.7. The Labute approximate surface area is 136 Å². The van der Waals surface area contributed by atoms with Crippen LogP contribution < -0.4 is 5.32 Å². The van der Waals surface area contributed by atoms with E-state index >= 15 is 0 Å². The van der Waals surface area contributed by atoms with Gasteiger partial charge in [0.15, 0.2) is 6.29 Å². The zero-order chi connectivity index (χ0) is 16.3. The summed E-state index contributed by atoms with van der Waals surface area (Å²) < 4.78 is 16.2. The molecule has 2 atom stereocenters. The fraction of sp³-hybridized carbons (Fsp3) is 0.588. The van der Waals surface area contributed by atoms with Gasteiger partial charge in [0, 0.05) is 6.61 Å². The van der Waals surface area contributed by atoms with Gasteiger partial charge in [0.25, 0.3) is 0 Å². The summed E-state index contributed by atoms with van der Waals surface area (Å²) in [6.45, 7) is 1.21. The SMILES string of the molecule is O=C(NC(CO)CCOC1CCCCO1)OCc1ccccc1. The van der Waals surface area contributed by atoms with Gasteiger partial charge in [-0.3, -0.25) is 0 Å². The van der Waals surface area contributed by atoms with Gasteiger partial charge in [-0.15, -0.1) is 0 Å². The van der Waals surface area contributed by atoms with Crippen molar-refractivity contribution in [1.29, 1.82) is 0 Å². The largest absolute Gasteiger partial charge is 0.445 e. The summed E-state index contributed by atoms with van der Waals surface area (Å²) >= 11 is 0. The molecule has 1 heterocycles. The van der Waals surface area contributed by atoms with E-state index in [9.17, 15) is 9.90 Å². The predicted molar refractivity (Wildman–Crippen MR) is 84.8 cm³/mol. The van der Waals surface area contributed by atoms with Gasteiger partial charge >= 0.3 is 6.09 Å². The quantitative estimate of drug-likeness (QED) is 0.767. The first-order chi connectivity index (χ1) is 11.3. The first kappa shape index (κ1) is 17.7. The second kappa shape index (κ2) is 10.2. The van der Waals surface area contributed by atoms with Crippen molar-refractivity contribution in [3.8, 4) is 0 Å². The lowest BCUT2D eigenvalue weighted by Gasteiger charge is -2.23. The van der Waals surface area contributed by atoms with Crippen LogP contribution in [-0.2, 0) is 20.8 Å². The van der Waals surface area contributed by atoms with E-state index in [4.69, 9.17) is 14.2 Å². The predicted octanol–water partition coefficient (Wildman–Crippen LogP) is 2.21. The minimum Gasteiger partial charge on any atom is -0.445 e. The van der Waals surface area contributed by atoms with Crippen molar-refractivity contribution in [2.45, 2.75) is 44.6 Å². The number of hydrogen-bond acceptors (Lipinski definition) is 5. The van der Waals surface area contributed by atoms with Crippen molar-refractivity contribution in [1.82, 2.24) is 5.32 Å². The zero-order valence-corrected chi connectivity index (χ0v) is 13.3. The molecule has 0 aliphatic carbocycles. The molecule has 1 aromatic carbocycles. The van der Waals surface area contributed by atoms with Gasteiger partial charge in [-0.05, 0) is 31.2 Å². The highest BCUT2D eigenvalue weighted by molar-refractivity contribution is 5.67. The highest BCUT2D eigenvalue weighted by Crippen LogP contribution is 2.14. The molecule has 1 aliphatic rings. The number of alkyl carbamates (subject to hydrolysis) is 1. The van der Waals surface area contributed by atoms with Crippen molar-refractivity contribution in [3.05, 3.63) is 35.9 Å². The number of ether oxygens (including phenoxy) is 3. The summed E-state index contributed by atoms with van der Waals surface area (Å²) in [4.78, 5) is 11.7. The Bertz CT molecular complexity index is 448. The van der Waals surface area contributed by atoms with Crippen LogP contribution in [0.3, 0.4) is 0 Å². The number of benzene rings is 1. The number of aliphatic hydroxyl groups excluding tert-OH is 1. The van der Waals surface area contributed by atoms with E-state index in [1.165, 1.54) is 0 Å². The normalized spacial score (nSPS) is 19.1. The van der Waals surface area contributed by atoms with Crippen LogP contribution >= 0.6 is 0 Å². The summed E-state index contributed by atoms with van der Waals surface area (Å²) in [5.41, 5.74) is 0.918. The third kappa shape index (κ3) is 6.99. The number of carbonyl (C=O) groups excluding carboxylic acids is 1. The van der Waals surface area contributed by atoms with E-state index in [1.54, 1.807) is 0 Å². The maximum Gasteiger partial charge on any atom is 0.407 e. The van der Waals surface area contributed by atoms with Crippen LogP contribution in [-0.4, -0.2) is 43.4 Å². The van der Waals surface area contributed by atoms with Gasteiger partial charge < -0.3 is 24.6 Å². The molecule has 0 radical (unpaired) electrons. The fourth-order valence-corrected chi connectivity index (χ4v) is 2.32. The molecule has 1 aromatic rings. The monoisotopic (exact) mass is 323 g/mol. The smallest absolute Gasteiger partial charge is 0.407 e. The van der Waals surface area contributed by atoms with E-state index in [0.717, 1.165) is 31.4 Å². The molecule has 1 fully saturated rings. The van der Waals surface area contributed by atoms with Crippen LogP contribution in [0.4, 0.5) is 4.79 Å². The van der Waals surface area contributed by atoms with E-state index in [-0.39, 0.29) is 25.5 Å². The molecule has 128 valence electrons. The summed E-state index contributed by atoms with van der Waals surface area (Å²) in [6.07, 6.45) is 2.90. The van der Waals surface area contributed by atoms with Crippen molar-refractivity contribution in [2.24, 2.45) is 0 Å². The van der Waals surface area contributed by atoms with Crippen LogP contribution in [0, 0.1) is 0 Å². The van der Waals surface area contributed by atoms with Crippen molar-refractivity contribution < 1.29 is 24.1 Å². The van der Waals surface area contributed by atoms with E-state index < -0.39 is 6.09 Å². The van der Waals surface area contributed by atoms with E-state index in [1.807, 2.05) is 30.3 Å². The first-order valence-corrected chi connectivity index (χ1v) is 8.09. The Hall–Kier alpha value is -1.63. The van der Waals surface area contributed by atoms with Crippen LogP contribution in [0.2, 0.25) is 0 Å². The van der Waals surface area contributed by atoms with Crippen LogP contribution in [0.1, 0.15) is 31.2 Å². The van der Waals surface area contributed by atoms with Crippen molar-refractivity contribution in [3.63, 3.8) is 0 Å². The summed E-state index contributed by atoms with van der Waals surface area (Å²) in [5.74, 6) is 0. The standard InChI is InChI=1S/C17H25NO5/c19-12-15(9-11-22-16-8-4-5-10-21-16)18-17(20)23-13-14-6-2-1-3-7-14/h1-3,6-7,15-16,19H,4-5,8-13H2,(H,18,20). The zero-order valence-electron chi connectivity index (χ0n) is 13.3. The lowest BCUT2D eigenvalue weighted by molar-refractivity contribution is -0.163. The fourth-order valence-electron chi connectivity index (χ4n) is 2.32. The summed E-state index contributed by atoms with van der Waals surface area (Å²) in [7, 11) is 0. The van der Waals surface area contributed by atoms with E-state index in [0.29, 0.717) is 13.0 Å². The summed E-state index contributed by atoms with van der Waals surface area (Å²) in [6, 6.07) is 9.06. The maximum absolute atomic E-state index is 11.7. The molecule has 6 nitrogen and oxygen atoms in total. The minimum absolute atomic E-state index is 0.157. The lowest BCUT2D eigenvalue weighted by Crippen LogP contribution is -2.39.